The molecule has 1 atom stereocenters. The first-order chi connectivity index (χ1) is 6.85. The van der Waals surface area contributed by atoms with Gasteiger partial charge in [-0.15, -0.1) is 0 Å². The quantitative estimate of drug-likeness (QED) is 0.666. The van der Waals surface area contributed by atoms with E-state index < -0.39 is 0 Å². The van der Waals surface area contributed by atoms with E-state index in [9.17, 15) is 4.79 Å². The van der Waals surface area contributed by atoms with E-state index in [4.69, 9.17) is 4.74 Å². The number of ether oxygens (including phenoxy) is 1. The molecule has 1 aliphatic rings. The van der Waals surface area contributed by atoms with Crippen LogP contribution in [0.5, 0.6) is 5.75 Å². The van der Waals surface area contributed by atoms with Crippen molar-refractivity contribution in [1.82, 2.24) is 0 Å². The minimum atomic E-state index is -0.0811. The third-order valence-corrected chi connectivity index (χ3v) is 2.39. The van der Waals surface area contributed by atoms with Gasteiger partial charge in [-0.1, -0.05) is 25.1 Å². The Labute approximate surface area is 83.2 Å². The largest absolute Gasteiger partial charge is 0.485 e. The van der Waals surface area contributed by atoms with E-state index in [1.165, 1.54) is 0 Å². The van der Waals surface area contributed by atoms with E-state index in [2.05, 4.69) is 0 Å². The number of carbonyl (C=O) groups excluding carboxylic acids is 1. The summed E-state index contributed by atoms with van der Waals surface area (Å²) in [6.07, 6.45) is 3.52. The van der Waals surface area contributed by atoms with Crippen LogP contribution in [0, 0.1) is 0 Å². The van der Waals surface area contributed by atoms with Gasteiger partial charge in [0.15, 0.2) is 0 Å². The molecule has 0 unspecified atom stereocenters. The highest BCUT2D eigenvalue weighted by molar-refractivity contribution is 5.85. The molecule has 0 amide bonds. The van der Waals surface area contributed by atoms with Gasteiger partial charge in [-0.05, 0) is 18.6 Å². The van der Waals surface area contributed by atoms with E-state index in [1.54, 1.807) is 0 Å². The third kappa shape index (κ3) is 1.43. The number of carbonyl (C=O) groups is 1. The van der Waals surface area contributed by atoms with Crippen LogP contribution in [0.25, 0.3) is 6.08 Å². The maximum absolute atomic E-state index is 10.8. The van der Waals surface area contributed by atoms with E-state index in [0.29, 0.717) is 0 Å². The molecule has 0 saturated carbocycles. The van der Waals surface area contributed by atoms with Crippen LogP contribution in [0.4, 0.5) is 0 Å². The van der Waals surface area contributed by atoms with Crippen molar-refractivity contribution in [3.05, 3.63) is 35.4 Å². The number of para-hydroxylation sites is 1. The highest BCUT2D eigenvalue weighted by Gasteiger charge is 2.19. The van der Waals surface area contributed by atoms with Crippen LogP contribution in [0.3, 0.4) is 0 Å². The fraction of sp³-hybridized carbons (Fsp3) is 0.250. The monoisotopic (exact) mass is 188 g/mol. The maximum Gasteiger partial charge on any atom is 0.149 e. The van der Waals surface area contributed by atoms with Gasteiger partial charge in [0.2, 0.25) is 0 Å². The van der Waals surface area contributed by atoms with Gasteiger partial charge < -0.3 is 4.74 Å². The molecule has 0 fully saturated rings. The summed E-state index contributed by atoms with van der Waals surface area (Å²) in [5.41, 5.74) is 1.71. The molecule has 0 saturated heterocycles. The standard InChI is InChI=1S/C12H12O2/c1-2-11-10(8-13)7-9-5-3-4-6-12(9)14-11/h3-8,11H,2H2,1H3/t11-/m1/s1. The summed E-state index contributed by atoms with van der Waals surface area (Å²) in [6.45, 7) is 2.01. The van der Waals surface area contributed by atoms with Crippen LogP contribution in [0.2, 0.25) is 0 Å². The molecular formula is C12H12O2. The predicted molar refractivity (Wildman–Crippen MR) is 55.2 cm³/mol. The number of hydrogen-bond donors (Lipinski definition) is 0. The third-order valence-electron chi connectivity index (χ3n) is 2.39. The molecule has 0 spiro atoms. The van der Waals surface area contributed by atoms with Gasteiger partial charge in [0.05, 0.1) is 0 Å². The zero-order valence-electron chi connectivity index (χ0n) is 8.07. The lowest BCUT2D eigenvalue weighted by molar-refractivity contribution is -0.105. The summed E-state index contributed by atoms with van der Waals surface area (Å²) in [6, 6.07) is 7.75. The Balaban J connectivity index is 2.44. The second kappa shape index (κ2) is 3.66. The average Bonchev–Trinajstić information content (AvgIpc) is 2.27. The van der Waals surface area contributed by atoms with Crippen LogP contribution < -0.4 is 4.74 Å². The lowest BCUT2D eigenvalue weighted by Gasteiger charge is -2.23. The first-order valence-electron chi connectivity index (χ1n) is 4.77. The van der Waals surface area contributed by atoms with Gasteiger partial charge in [-0.25, -0.2) is 0 Å². The van der Waals surface area contributed by atoms with Crippen LogP contribution in [0.1, 0.15) is 18.9 Å². The number of aldehydes is 1. The predicted octanol–water partition coefficient (Wildman–Crippen LogP) is 2.44. The van der Waals surface area contributed by atoms with Crippen LogP contribution in [-0.4, -0.2) is 12.4 Å². The Morgan fingerprint density at radius 2 is 2.21 bits per heavy atom. The minimum Gasteiger partial charge on any atom is -0.485 e. The van der Waals surface area contributed by atoms with Crippen molar-refractivity contribution in [2.45, 2.75) is 19.4 Å². The topological polar surface area (TPSA) is 26.3 Å². The van der Waals surface area contributed by atoms with E-state index in [0.717, 1.165) is 29.6 Å². The van der Waals surface area contributed by atoms with Crippen molar-refractivity contribution in [3.63, 3.8) is 0 Å². The average molecular weight is 188 g/mol. The maximum atomic E-state index is 10.8. The van der Waals surface area contributed by atoms with Crippen molar-refractivity contribution in [2.75, 3.05) is 0 Å². The van der Waals surface area contributed by atoms with Crippen LogP contribution in [-0.2, 0) is 4.79 Å². The van der Waals surface area contributed by atoms with E-state index >= 15 is 0 Å². The van der Waals surface area contributed by atoms with Crippen LogP contribution >= 0.6 is 0 Å². The van der Waals surface area contributed by atoms with Crippen molar-refractivity contribution in [1.29, 1.82) is 0 Å². The van der Waals surface area contributed by atoms with Crippen molar-refractivity contribution < 1.29 is 9.53 Å². The Bertz CT molecular complexity index is 380. The molecule has 1 aromatic carbocycles. The number of fused-ring (bicyclic) bond motifs is 1. The molecule has 0 aliphatic carbocycles. The SMILES string of the molecule is CC[C@H]1Oc2ccccc2C=C1C=O. The highest BCUT2D eigenvalue weighted by Crippen LogP contribution is 2.29. The van der Waals surface area contributed by atoms with Crippen molar-refractivity contribution >= 4 is 12.4 Å². The number of rotatable bonds is 2. The Kier molecular flexibility index (Phi) is 2.35. The zero-order valence-corrected chi connectivity index (χ0v) is 8.07. The molecule has 1 aromatic rings. The molecule has 72 valence electrons. The molecule has 14 heavy (non-hydrogen) atoms. The van der Waals surface area contributed by atoms with Gasteiger partial charge in [-0.2, -0.15) is 0 Å². The number of benzene rings is 1. The minimum absolute atomic E-state index is 0.0811. The van der Waals surface area contributed by atoms with Crippen molar-refractivity contribution in [2.24, 2.45) is 0 Å². The second-order valence-corrected chi connectivity index (χ2v) is 3.31. The molecule has 0 N–H and O–H groups in total. The van der Waals surface area contributed by atoms with Gasteiger partial charge in [0.25, 0.3) is 0 Å². The zero-order chi connectivity index (χ0) is 9.97. The molecule has 0 aromatic heterocycles. The fourth-order valence-electron chi connectivity index (χ4n) is 1.63. The Morgan fingerprint density at radius 3 is 2.93 bits per heavy atom. The summed E-state index contributed by atoms with van der Waals surface area (Å²) in [4.78, 5) is 10.8. The first-order valence-corrected chi connectivity index (χ1v) is 4.77. The molecule has 0 bridgehead atoms. The van der Waals surface area contributed by atoms with Gasteiger partial charge in [0, 0.05) is 11.1 Å². The van der Waals surface area contributed by atoms with Crippen molar-refractivity contribution in [3.8, 4) is 5.75 Å². The molecule has 0 radical (unpaired) electrons. The van der Waals surface area contributed by atoms with Crippen LogP contribution in [0.15, 0.2) is 29.8 Å². The molecule has 2 nitrogen and oxygen atoms in total. The second-order valence-electron chi connectivity index (χ2n) is 3.31. The molecule has 1 aliphatic heterocycles. The molecule has 2 heteroatoms. The molecular weight excluding hydrogens is 176 g/mol. The summed E-state index contributed by atoms with van der Waals surface area (Å²) in [7, 11) is 0. The Hall–Kier alpha value is -1.57. The van der Waals surface area contributed by atoms with E-state index in [1.807, 2.05) is 37.3 Å². The number of hydrogen-bond acceptors (Lipinski definition) is 2. The highest BCUT2D eigenvalue weighted by atomic mass is 16.5. The Morgan fingerprint density at radius 1 is 1.43 bits per heavy atom. The van der Waals surface area contributed by atoms with E-state index in [-0.39, 0.29) is 6.10 Å². The molecule has 2 rings (SSSR count). The summed E-state index contributed by atoms with van der Waals surface area (Å²) in [5.74, 6) is 0.866. The smallest absolute Gasteiger partial charge is 0.149 e. The lowest BCUT2D eigenvalue weighted by Crippen LogP contribution is -2.22. The first kappa shape index (κ1) is 9.00. The normalized spacial score (nSPS) is 19.2. The fourth-order valence-corrected chi connectivity index (χ4v) is 1.63. The lowest BCUT2D eigenvalue weighted by atomic mass is 10.0. The summed E-state index contributed by atoms with van der Waals surface area (Å²) < 4.78 is 5.69. The van der Waals surface area contributed by atoms with Gasteiger partial charge in [-0.3, -0.25) is 4.79 Å². The summed E-state index contributed by atoms with van der Waals surface area (Å²) >= 11 is 0. The van der Waals surface area contributed by atoms with Gasteiger partial charge in [0.1, 0.15) is 18.1 Å². The summed E-state index contributed by atoms with van der Waals surface area (Å²) in [5, 5.41) is 0. The van der Waals surface area contributed by atoms with Gasteiger partial charge >= 0.3 is 0 Å². The molecule has 1 heterocycles.